The maximum absolute atomic E-state index is 9.18. The van der Waals surface area contributed by atoms with Crippen molar-refractivity contribution >= 4 is 6.08 Å². The van der Waals surface area contributed by atoms with Gasteiger partial charge in [0.25, 0.3) is 0 Å². The molecule has 1 aromatic rings. The van der Waals surface area contributed by atoms with Gasteiger partial charge in [-0.15, -0.1) is 0 Å². The molecule has 1 aromatic carbocycles. The van der Waals surface area contributed by atoms with Crippen LogP contribution in [-0.4, -0.2) is 24.9 Å². The van der Waals surface area contributed by atoms with Crippen molar-refractivity contribution < 1.29 is 14.6 Å². The molecular formula is C14H20O3. The molecule has 1 unspecified atom stereocenters. The fourth-order valence-corrected chi connectivity index (χ4v) is 1.37. The Morgan fingerprint density at radius 3 is 2.71 bits per heavy atom. The summed E-state index contributed by atoms with van der Waals surface area (Å²) in [5.74, 6) is 1.47. The highest BCUT2D eigenvalue weighted by Gasteiger charge is 2.04. The van der Waals surface area contributed by atoms with Crippen LogP contribution >= 0.6 is 0 Å². The first kappa shape index (κ1) is 13.6. The predicted molar refractivity (Wildman–Crippen MR) is 69.5 cm³/mol. The van der Waals surface area contributed by atoms with Crippen molar-refractivity contribution in [2.45, 2.75) is 26.4 Å². The second kappa shape index (κ2) is 6.97. The second-order valence-corrected chi connectivity index (χ2v) is 3.86. The Balaban J connectivity index is 2.87. The molecule has 94 valence electrons. The summed E-state index contributed by atoms with van der Waals surface area (Å²) in [6.45, 7) is 4.44. The van der Waals surface area contributed by atoms with Crippen molar-refractivity contribution in [3.8, 4) is 11.5 Å². The highest BCUT2D eigenvalue weighted by Crippen LogP contribution is 2.28. The van der Waals surface area contributed by atoms with Crippen LogP contribution < -0.4 is 9.47 Å². The van der Waals surface area contributed by atoms with E-state index in [9.17, 15) is 5.11 Å². The third-order valence-corrected chi connectivity index (χ3v) is 2.22. The monoisotopic (exact) mass is 236 g/mol. The summed E-state index contributed by atoms with van der Waals surface area (Å²) < 4.78 is 10.8. The summed E-state index contributed by atoms with van der Waals surface area (Å²) in [6.07, 6.45) is 4.10. The lowest BCUT2D eigenvalue weighted by Crippen LogP contribution is -1.98. The smallest absolute Gasteiger partial charge is 0.161 e. The largest absolute Gasteiger partial charge is 0.493 e. The van der Waals surface area contributed by atoms with Gasteiger partial charge in [0.2, 0.25) is 0 Å². The third kappa shape index (κ3) is 4.49. The fourth-order valence-electron chi connectivity index (χ4n) is 1.37. The number of hydrogen-bond donors (Lipinski definition) is 1. The molecule has 0 fully saturated rings. The average Bonchev–Trinajstić information content (AvgIpc) is 2.33. The van der Waals surface area contributed by atoms with Crippen LogP contribution in [0, 0.1) is 0 Å². The molecular weight excluding hydrogens is 216 g/mol. The van der Waals surface area contributed by atoms with Gasteiger partial charge in [-0.05, 0) is 31.0 Å². The average molecular weight is 236 g/mol. The SMILES string of the molecule is CCCOc1cc(/C=C/C(C)O)ccc1OC. The van der Waals surface area contributed by atoms with Gasteiger partial charge in [-0.1, -0.05) is 25.1 Å². The fraction of sp³-hybridized carbons (Fsp3) is 0.429. The van der Waals surface area contributed by atoms with Crippen molar-refractivity contribution in [3.05, 3.63) is 29.8 Å². The first-order chi connectivity index (χ1) is 8.17. The standard InChI is InChI=1S/C14H20O3/c1-4-9-17-14-10-12(6-5-11(2)15)7-8-13(14)16-3/h5-8,10-11,15H,4,9H2,1-3H3/b6-5+. The lowest BCUT2D eigenvalue weighted by molar-refractivity contribution is 0.245. The lowest BCUT2D eigenvalue weighted by Gasteiger charge is -2.10. The van der Waals surface area contributed by atoms with Crippen molar-refractivity contribution in [1.29, 1.82) is 0 Å². The number of benzene rings is 1. The van der Waals surface area contributed by atoms with Crippen LogP contribution in [0.2, 0.25) is 0 Å². The van der Waals surface area contributed by atoms with E-state index in [1.54, 1.807) is 20.1 Å². The second-order valence-electron chi connectivity index (χ2n) is 3.86. The Morgan fingerprint density at radius 1 is 1.35 bits per heavy atom. The molecule has 1 atom stereocenters. The zero-order chi connectivity index (χ0) is 12.7. The summed E-state index contributed by atoms with van der Waals surface area (Å²) in [4.78, 5) is 0. The summed E-state index contributed by atoms with van der Waals surface area (Å²) in [7, 11) is 1.62. The molecule has 3 heteroatoms. The Labute approximate surface area is 103 Å². The molecule has 17 heavy (non-hydrogen) atoms. The molecule has 0 saturated carbocycles. The molecule has 0 aliphatic heterocycles. The summed E-state index contributed by atoms with van der Waals surface area (Å²) in [5, 5.41) is 9.18. The summed E-state index contributed by atoms with van der Waals surface area (Å²) >= 11 is 0. The van der Waals surface area contributed by atoms with Gasteiger partial charge in [-0.25, -0.2) is 0 Å². The van der Waals surface area contributed by atoms with Crippen molar-refractivity contribution in [2.24, 2.45) is 0 Å². The lowest BCUT2D eigenvalue weighted by atomic mass is 10.1. The molecule has 1 rings (SSSR count). The Hall–Kier alpha value is -1.48. The van der Waals surface area contributed by atoms with E-state index >= 15 is 0 Å². The topological polar surface area (TPSA) is 38.7 Å². The van der Waals surface area contributed by atoms with E-state index in [4.69, 9.17) is 9.47 Å². The van der Waals surface area contributed by atoms with Gasteiger partial charge in [0.15, 0.2) is 11.5 Å². The number of rotatable bonds is 6. The highest BCUT2D eigenvalue weighted by atomic mass is 16.5. The zero-order valence-corrected chi connectivity index (χ0v) is 10.6. The van der Waals surface area contributed by atoms with E-state index in [0.717, 1.165) is 23.5 Å². The van der Waals surface area contributed by atoms with Gasteiger partial charge in [0.1, 0.15) is 0 Å². The molecule has 0 aliphatic rings. The van der Waals surface area contributed by atoms with Gasteiger partial charge in [0.05, 0.1) is 19.8 Å². The molecule has 3 nitrogen and oxygen atoms in total. The molecule has 1 N–H and O–H groups in total. The highest BCUT2D eigenvalue weighted by molar-refractivity contribution is 5.56. The molecule has 0 spiro atoms. The summed E-state index contributed by atoms with van der Waals surface area (Å²) in [6, 6.07) is 5.70. The van der Waals surface area contributed by atoms with Crippen LogP contribution in [0.3, 0.4) is 0 Å². The van der Waals surface area contributed by atoms with Crippen LogP contribution in [0.25, 0.3) is 6.08 Å². The molecule has 0 saturated heterocycles. The van der Waals surface area contributed by atoms with Crippen molar-refractivity contribution in [3.63, 3.8) is 0 Å². The van der Waals surface area contributed by atoms with Gasteiger partial charge in [-0.3, -0.25) is 0 Å². The van der Waals surface area contributed by atoms with Crippen molar-refractivity contribution in [2.75, 3.05) is 13.7 Å². The van der Waals surface area contributed by atoms with E-state index in [1.165, 1.54) is 0 Å². The number of aliphatic hydroxyl groups excluding tert-OH is 1. The van der Waals surface area contributed by atoms with Gasteiger partial charge < -0.3 is 14.6 Å². The Morgan fingerprint density at radius 2 is 2.12 bits per heavy atom. The zero-order valence-electron chi connectivity index (χ0n) is 10.6. The third-order valence-electron chi connectivity index (χ3n) is 2.22. The maximum atomic E-state index is 9.18. The minimum atomic E-state index is -0.447. The molecule has 0 amide bonds. The van der Waals surface area contributed by atoms with Crippen LogP contribution in [-0.2, 0) is 0 Å². The van der Waals surface area contributed by atoms with Crippen LogP contribution in [0.15, 0.2) is 24.3 Å². The van der Waals surface area contributed by atoms with E-state index in [0.29, 0.717) is 6.61 Å². The number of ether oxygens (including phenoxy) is 2. The number of methoxy groups -OCH3 is 1. The number of hydrogen-bond acceptors (Lipinski definition) is 3. The van der Waals surface area contributed by atoms with E-state index in [-0.39, 0.29) is 0 Å². The number of aliphatic hydroxyl groups is 1. The molecule has 0 radical (unpaired) electrons. The summed E-state index contributed by atoms with van der Waals surface area (Å²) in [5.41, 5.74) is 0.984. The molecule has 0 aromatic heterocycles. The molecule has 0 heterocycles. The molecule has 0 bridgehead atoms. The minimum Gasteiger partial charge on any atom is -0.493 e. The predicted octanol–water partition coefficient (Wildman–Crippen LogP) is 2.88. The van der Waals surface area contributed by atoms with Crippen LogP contribution in [0.4, 0.5) is 0 Å². The van der Waals surface area contributed by atoms with Crippen LogP contribution in [0.5, 0.6) is 11.5 Å². The quantitative estimate of drug-likeness (QED) is 0.825. The molecule has 0 aliphatic carbocycles. The first-order valence-corrected chi connectivity index (χ1v) is 5.84. The van der Waals surface area contributed by atoms with Crippen molar-refractivity contribution in [1.82, 2.24) is 0 Å². The van der Waals surface area contributed by atoms with E-state index in [2.05, 4.69) is 6.92 Å². The van der Waals surface area contributed by atoms with E-state index in [1.807, 2.05) is 24.3 Å². The normalized spacial score (nSPS) is 12.7. The van der Waals surface area contributed by atoms with Gasteiger partial charge >= 0.3 is 0 Å². The Bertz CT molecular complexity index is 370. The first-order valence-electron chi connectivity index (χ1n) is 5.84. The van der Waals surface area contributed by atoms with Gasteiger partial charge in [-0.2, -0.15) is 0 Å². The van der Waals surface area contributed by atoms with Crippen LogP contribution in [0.1, 0.15) is 25.8 Å². The van der Waals surface area contributed by atoms with E-state index < -0.39 is 6.10 Å². The Kier molecular flexibility index (Phi) is 5.57. The minimum absolute atomic E-state index is 0.447. The van der Waals surface area contributed by atoms with Gasteiger partial charge in [0, 0.05) is 0 Å². The maximum Gasteiger partial charge on any atom is 0.161 e.